The van der Waals surface area contributed by atoms with Crippen LogP contribution in [0.25, 0.3) is 10.8 Å². The quantitative estimate of drug-likeness (QED) is 0.398. The summed E-state index contributed by atoms with van der Waals surface area (Å²) in [5.41, 5.74) is 1.95. The lowest BCUT2D eigenvalue weighted by Gasteiger charge is -2.16. The van der Waals surface area contributed by atoms with Crippen LogP contribution < -0.4 is 0 Å². The van der Waals surface area contributed by atoms with E-state index in [1.165, 1.54) is 0 Å². The van der Waals surface area contributed by atoms with Crippen molar-refractivity contribution in [2.75, 3.05) is 0 Å². The molecule has 0 heterocycles. The summed E-state index contributed by atoms with van der Waals surface area (Å²) in [6.07, 6.45) is 0. The monoisotopic (exact) mass is 398 g/mol. The van der Waals surface area contributed by atoms with Crippen LogP contribution in [0, 0.1) is 0 Å². The summed E-state index contributed by atoms with van der Waals surface area (Å²) in [5, 5.41) is 3.14. The molecule has 0 aromatic heterocycles. The van der Waals surface area contributed by atoms with Gasteiger partial charge in [-0.2, -0.15) is 0 Å². The Balaban J connectivity index is 2.20. The molecule has 3 aromatic carbocycles. The van der Waals surface area contributed by atoms with Gasteiger partial charge in [0, 0.05) is 19.9 Å². The predicted octanol–water partition coefficient (Wildman–Crippen LogP) is 7.24. The fourth-order valence-electron chi connectivity index (χ4n) is 2.38. The molecule has 0 radical (unpaired) electrons. The fourth-order valence-corrected chi connectivity index (χ4v) is 3.77. The number of rotatable bonds is 2. The molecule has 0 amide bonds. The minimum absolute atomic E-state index is 0.305. The van der Waals surface area contributed by atoms with Gasteiger partial charge in [0.05, 0.1) is 5.38 Å². The average molecular weight is 401 g/mol. The first-order valence-electron chi connectivity index (χ1n) is 6.34. The van der Waals surface area contributed by atoms with Crippen molar-refractivity contribution in [3.63, 3.8) is 0 Å². The van der Waals surface area contributed by atoms with Crippen LogP contribution in [-0.2, 0) is 0 Å². The van der Waals surface area contributed by atoms with Crippen LogP contribution in [0.5, 0.6) is 0 Å². The lowest BCUT2D eigenvalue weighted by Crippen LogP contribution is -1.96. The van der Waals surface area contributed by atoms with E-state index >= 15 is 0 Å². The Kier molecular flexibility index (Phi) is 4.46. The molecule has 1 atom stereocenters. The number of hydrogen-bond donors (Lipinski definition) is 0. The molecule has 1 unspecified atom stereocenters. The Bertz CT molecular complexity index is 814. The molecule has 0 saturated heterocycles. The molecule has 21 heavy (non-hydrogen) atoms. The third-order valence-corrected chi connectivity index (χ3v) is 5.17. The molecule has 3 aromatic rings. The highest BCUT2D eigenvalue weighted by Gasteiger charge is 2.17. The van der Waals surface area contributed by atoms with Crippen LogP contribution in [0.1, 0.15) is 16.5 Å². The van der Waals surface area contributed by atoms with Gasteiger partial charge in [-0.1, -0.05) is 69.5 Å². The van der Waals surface area contributed by atoms with Crippen molar-refractivity contribution in [2.45, 2.75) is 5.38 Å². The zero-order valence-electron chi connectivity index (χ0n) is 10.8. The molecule has 3 rings (SSSR count). The van der Waals surface area contributed by atoms with Gasteiger partial charge in [0.2, 0.25) is 0 Å². The minimum Gasteiger partial charge on any atom is -0.113 e. The number of hydrogen-bond acceptors (Lipinski definition) is 0. The smallest absolute Gasteiger partial charge is 0.0852 e. The lowest BCUT2D eigenvalue weighted by molar-refractivity contribution is 1.15. The minimum atomic E-state index is -0.305. The van der Waals surface area contributed by atoms with Crippen LogP contribution in [0.2, 0.25) is 10.0 Å². The highest BCUT2D eigenvalue weighted by Crippen LogP contribution is 2.39. The normalized spacial score (nSPS) is 12.6. The first-order valence-corrected chi connectivity index (χ1v) is 8.32. The van der Waals surface area contributed by atoms with E-state index in [2.05, 4.69) is 15.9 Å². The van der Waals surface area contributed by atoms with E-state index in [9.17, 15) is 0 Å². The van der Waals surface area contributed by atoms with Crippen LogP contribution in [0.15, 0.2) is 59.1 Å². The molecular weight excluding hydrogens is 390 g/mol. The molecule has 0 aliphatic carbocycles. The van der Waals surface area contributed by atoms with Crippen LogP contribution >= 0.6 is 50.7 Å². The number of alkyl halides is 1. The second-order valence-corrected chi connectivity index (χ2v) is 6.84. The van der Waals surface area contributed by atoms with Gasteiger partial charge in [-0.15, -0.1) is 11.6 Å². The first kappa shape index (κ1) is 15.2. The van der Waals surface area contributed by atoms with Gasteiger partial charge in [-0.05, 0) is 40.8 Å². The second kappa shape index (κ2) is 6.18. The van der Waals surface area contributed by atoms with Gasteiger partial charge in [0.25, 0.3) is 0 Å². The highest BCUT2D eigenvalue weighted by atomic mass is 79.9. The van der Waals surface area contributed by atoms with Crippen molar-refractivity contribution < 1.29 is 0 Å². The van der Waals surface area contributed by atoms with Crippen molar-refractivity contribution in [3.05, 3.63) is 80.2 Å². The van der Waals surface area contributed by atoms with Crippen molar-refractivity contribution in [1.29, 1.82) is 0 Å². The van der Waals surface area contributed by atoms with Gasteiger partial charge in [0.15, 0.2) is 0 Å². The van der Waals surface area contributed by atoms with Crippen molar-refractivity contribution in [1.82, 2.24) is 0 Å². The largest absolute Gasteiger partial charge is 0.113 e. The predicted molar refractivity (Wildman–Crippen MR) is 95.8 cm³/mol. The number of benzene rings is 3. The molecule has 106 valence electrons. The Morgan fingerprint density at radius 3 is 2.29 bits per heavy atom. The van der Waals surface area contributed by atoms with Gasteiger partial charge in [-0.25, -0.2) is 0 Å². The Morgan fingerprint density at radius 2 is 1.52 bits per heavy atom. The summed E-state index contributed by atoms with van der Waals surface area (Å²) in [7, 11) is 0. The Hall–Kier alpha value is -0.730. The van der Waals surface area contributed by atoms with E-state index < -0.39 is 0 Å². The molecule has 0 nitrogen and oxygen atoms in total. The first-order chi connectivity index (χ1) is 10.1. The average Bonchev–Trinajstić information content (AvgIpc) is 2.50. The topological polar surface area (TPSA) is 0 Å². The maximum atomic E-state index is 6.71. The van der Waals surface area contributed by atoms with Crippen molar-refractivity contribution >= 4 is 61.5 Å². The molecule has 0 aliphatic heterocycles. The zero-order valence-corrected chi connectivity index (χ0v) is 14.6. The van der Waals surface area contributed by atoms with Crippen molar-refractivity contribution in [3.8, 4) is 0 Å². The maximum absolute atomic E-state index is 6.71. The maximum Gasteiger partial charge on any atom is 0.0852 e. The zero-order chi connectivity index (χ0) is 15.0. The van der Waals surface area contributed by atoms with E-state index in [0.29, 0.717) is 5.02 Å². The fraction of sp³-hybridized carbons (Fsp3) is 0.0588. The van der Waals surface area contributed by atoms with Gasteiger partial charge < -0.3 is 0 Å². The number of fused-ring (bicyclic) bond motifs is 1. The van der Waals surface area contributed by atoms with Gasteiger partial charge >= 0.3 is 0 Å². The lowest BCUT2D eigenvalue weighted by atomic mass is 9.98. The molecule has 0 aliphatic rings. The van der Waals surface area contributed by atoms with E-state index in [1.807, 2.05) is 54.6 Å². The molecule has 0 bridgehead atoms. The van der Waals surface area contributed by atoms with Crippen LogP contribution in [0.4, 0.5) is 0 Å². The highest BCUT2D eigenvalue weighted by molar-refractivity contribution is 9.10. The molecular formula is C17H10BrCl3. The summed E-state index contributed by atoms with van der Waals surface area (Å²) in [4.78, 5) is 0. The standard InChI is InChI=1S/C17H10BrCl3/c18-15-7-5-10(19)9-14(15)17(21)13-6-8-16(20)12-4-2-1-3-11(12)13/h1-9,17H. The molecule has 0 spiro atoms. The summed E-state index contributed by atoms with van der Waals surface area (Å²) >= 11 is 22.6. The van der Waals surface area contributed by atoms with E-state index in [0.717, 1.165) is 31.4 Å². The molecule has 0 saturated carbocycles. The van der Waals surface area contributed by atoms with Gasteiger partial charge in [0.1, 0.15) is 0 Å². The van der Waals surface area contributed by atoms with E-state index in [1.54, 1.807) is 0 Å². The van der Waals surface area contributed by atoms with Crippen LogP contribution in [0.3, 0.4) is 0 Å². The third kappa shape index (κ3) is 2.93. The number of halogens is 4. The van der Waals surface area contributed by atoms with Crippen LogP contribution in [-0.4, -0.2) is 0 Å². The summed E-state index contributed by atoms with van der Waals surface area (Å²) in [6, 6.07) is 17.5. The van der Waals surface area contributed by atoms with E-state index in [4.69, 9.17) is 34.8 Å². The summed E-state index contributed by atoms with van der Waals surface area (Å²) < 4.78 is 0.936. The second-order valence-electron chi connectivity index (χ2n) is 4.71. The summed E-state index contributed by atoms with van der Waals surface area (Å²) in [5.74, 6) is 0. The SMILES string of the molecule is Clc1ccc(Br)c(C(Cl)c2ccc(Cl)c3ccccc23)c1. The molecule has 0 N–H and O–H groups in total. The van der Waals surface area contributed by atoms with Crippen molar-refractivity contribution in [2.24, 2.45) is 0 Å². The Morgan fingerprint density at radius 1 is 0.810 bits per heavy atom. The molecule has 0 fully saturated rings. The Labute approximate surface area is 146 Å². The third-order valence-electron chi connectivity index (χ3n) is 3.41. The molecule has 4 heteroatoms. The van der Waals surface area contributed by atoms with Gasteiger partial charge in [-0.3, -0.25) is 0 Å². The van der Waals surface area contributed by atoms with E-state index in [-0.39, 0.29) is 5.38 Å². The summed E-state index contributed by atoms with van der Waals surface area (Å²) in [6.45, 7) is 0.